The molecule has 0 spiro atoms. The van der Waals surface area contributed by atoms with Crippen LogP contribution in [-0.4, -0.2) is 34.5 Å². The zero-order valence-electron chi connectivity index (χ0n) is 18.6. The van der Waals surface area contributed by atoms with E-state index in [9.17, 15) is 9.59 Å². The monoisotopic (exact) mass is 442 g/mol. The number of aryl methyl sites for hydroxylation is 1. The van der Waals surface area contributed by atoms with E-state index >= 15 is 0 Å². The average Bonchev–Trinajstić information content (AvgIpc) is 3.18. The maximum Gasteiger partial charge on any atom is 0.255 e. The molecule has 0 aliphatic heterocycles. The largest absolute Gasteiger partial charge is 0.493 e. The number of fused-ring (bicyclic) bond motifs is 1. The molecule has 0 saturated carbocycles. The summed E-state index contributed by atoms with van der Waals surface area (Å²) >= 11 is 0. The van der Waals surface area contributed by atoms with Crippen LogP contribution in [0.25, 0.3) is 11.0 Å². The molecule has 2 N–H and O–H groups in total. The fourth-order valence-corrected chi connectivity index (χ4v) is 3.77. The number of rotatable bonds is 8. The van der Waals surface area contributed by atoms with Gasteiger partial charge in [-0.05, 0) is 36.8 Å². The molecule has 0 fully saturated rings. The molecule has 0 aliphatic carbocycles. The Kier molecular flexibility index (Phi) is 6.69. The lowest BCUT2D eigenvalue weighted by atomic mass is 10.1. The van der Waals surface area contributed by atoms with Crippen molar-refractivity contribution in [2.75, 3.05) is 13.2 Å². The fourth-order valence-electron chi connectivity index (χ4n) is 3.77. The van der Waals surface area contributed by atoms with Gasteiger partial charge in [0.05, 0.1) is 29.7 Å². The molecule has 0 bridgehead atoms. The van der Waals surface area contributed by atoms with Crippen molar-refractivity contribution < 1.29 is 14.3 Å². The third-order valence-electron chi connectivity index (χ3n) is 5.36. The van der Waals surface area contributed by atoms with Gasteiger partial charge >= 0.3 is 0 Å². The number of aromatic nitrogens is 2. The normalized spacial score (nSPS) is 11.7. The maximum absolute atomic E-state index is 12.9. The Balaban J connectivity index is 1.53. The molecule has 1 aromatic heterocycles. The zero-order chi connectivity index (χ0) is 23.2. The van der Waals surface area contributed by atoms with E-state index in [4.69, 9.17) is 9.72 Å². The topological polar surface area (TPSA) is 85.2 Å². The fraction of sp³-hybridized carbons (Fsp3) is 0.192. The van der Waals surface area contributed by atoms with E-state index in [2.05, 4.69) is 10.6 Å². The number of amides is 2. The highest BCUT2D eigenvalue weighted by molar-refractivity contribution is 5.98. The van der Waals surface area contributed by atoms with E-state index in [1.165, 1.54) is 0 Å². The van der Waals surface area contributed by atoms with Gasteiger partial charge in [0.25, 0.3) is 5.91 Å². The Morgan fingerprint density at radius 1 is 0.970 bits per heavy atom. The van der Waals surface area contributed by atoms with Gasteiger partial charge in [-0.2, -0.15) is 0 Å². The highest BCUT2D eigenvalue weighted by Gasteiger charge is 2.23. The van der Waals surface area contributed by atoms with Crippen LogP contribution in [0.4, 0.5) is 0 Å². The Morgan fingerprint density at radius 2 is 1.67 bits per heavy atom. The van der Waals surface area contributed by atoms with E-state index in [0.29, 0.717) is 23.7 Å². The smallest absolute Gasteiger partial charge is 0.255 e. The number of imidazole rings is 1. The van der Waals surface area contributed by atoms with Gasteiger partial charge in [-0.1, -0.05) is 54.6 Å². The summed E-state index contributed by atoms with van der Waals surface area (Å²) in [7, 11) is 1.93. The van der Waals surface area contributed by atoms with Crippen molar-refractivity contribution in [1.29, 1.82) is 0 Å². The van der Waals surface area contributed by atoms with Crippen molar-refractivity contribution in [3.8, 4) is 5.75 Å². The molecular formula is C26H26N4O3. The first-order chi connectivity index (χ1) is 16.1. The van der Waals surface area contributed by atoms with Crippen LogP contribution in [0.1, 0.15) is 34.7 Å². The lowest BCUT2D eigenvalue weighted by molar-refractivity contribution is -0.120. The second-order valence-electron chi connectivity index (χ2n) is 7.54. The molecule has 0 aliphatic rings. The molecule has 168 valence electrons. The number of carbonyl (C=O) groups is 2. The summed E-state index contributed by atoms with van der Waals surface area (Å²) in [5.41, 5.74) is 3.12. The average molecular weight is 443 g/mol. The Labute approximate surface area is 192 Å². The van der Waals surface area contributed by atoms with Crippen molar-refractivity contribution >= 4 is 22.8 Å². The molecule has 4 rings (SSSR count). The molecule has 1 heterocycles. The predicted octanol–water partition coefficient (Wildman–Crippen LogP) is 3.61. The summed E-state index contributed by atoms with van der Waals surface area (Å²) in [6.07, 6.45) is 0. The number of benzene rings is 3. The summed E-state index contributed by atoms with van der Waals surface area (Å²) in [6, 6.07) is 24.0. The van der Waals surface area contributed by atoms with Crippen LogP contribution in [-0.2, 0) is 11.8 Å². The predicted molar refractivity (Wildman–Crippen MR) is 127 cm³/mol. The third-order valence-corrected chi connectivity index (χ3v) is 5.36. The number of ether oxygens (including phenoxy) is 1. The van der Waals surface area contributed by atoms with E-state index in [1.807, 2.05) is 73.1 Å². The van der Waals surface area contributed by atoms with Gasteiger partial charge in [-0.25, -0.2) is 4.98 Å². The second kappa shape index (κ2) is 9.99. The molecule has 3 aromatic carbocycles. The number of nitrogens with one attached hydrogen (secondary N) is 2. The summed E-state index contributed by atoms with van der Waals surface area (Å²) < 4.78 is 7.49. The molecule has 4 aromatic rings. The van der Waals surface area contributed by atoms with Gasteiger partial charge < -0.3 is 19.9 Å². The first-order valence-corrected chi connectivity index (χ1v) is 10.8. The van der Waals surface area contributed by atoms with Gasteiger partial charge in [-0.3, -0.25) is 9.59 Å². The maximum atomic E-state index is 12.9. The number of para-hydroxylation sites is 3. The van der Waals surface area contributed by atoms with Crippen LogP contribution in [0.3, 0.4) is 0 Å². The summed E-state index contributed by atoms with van der Waals surface area (Å²) in [6.45, 7) is 2.13. The minimum atomic E-state index is -0.469. The first-order valence-electron chi connectivity index (χ1n) is 10.8. The first kappa shape index (κ1) is 22.1. The van der Waals surface area contributed by atoms with Crippen LogP contribution in [0.2, 0.25) is 0 Å². The molecule has 2 amide bonds. The van der Waals surface area contributed by atoms with Crippen molar-refractivity contribution in [3.05, 3.63) is 95.8 Å². The molecule has 1 unspecified atom stereocenters. The summed E-state index contributed by atoms with van der Waals surface area (Å²) in [5, 5.41) is 5.72. The van der Waals surface area contributed by atoms with Crippen molar-refractivity contribution in [2.45, 2.75) is 13.0 Å². The lowest BCUT2D eigenvalue weighted by Crippen LogP contribution is -2.39. The highest BCUT2D eigenvalue weighted by atomic mass is 16.5. The minimum absolute atomic E-state index is 0.174. The Hall–Kier alpha value is -4.13. The van der Waals surface area contributed by atoms with Crippen molar-refractivity contribution in [2.24, 2.45) is 7.05 Å². The Bertz CT molecular complexity index is 1270. The van der Waals surface area contributed by atoms with Crippen LogP contribution in [0, 0.1) is 0 Å². The molecular weight excluding hydrogens is 416 g/mol. The second-order valence-corrected chi connectivity index (χ2v) is 7.54. The molecule has 7 nitrogen and oxygen atoms in total. The molecule has 0 saturated heterocycles. The Morgan fingerprint density at radius 3 is 2.42 bits per heavy atom. The minimum Gasteiger partial charge on any atom is -0.493 e. The van der Waals surface area contributed by atoms with Gasteiger partial charge in [0.1, 0.15) is 17.6 Å². The standard InChI is InChI=1S/C26H26N4O3/c1-3-33-22-16-10-7-13-19(22)26(32)27-17-23(31)29-24(18-11-5-4-6-12-18)25-28-20-14-8-9-15-21(20)30(25)2/h4-16,24H,3,17H2,1-2H3,(H,27,32)(H,29,31). The van der Waals surface area contributed by atoms with Crippen molar-refractivity contribution in [1.82, 2.24) is 20.2 Å². The highest BCUT2D eigenvalue weighted by Crippen LogP contribution is 2.25. The number of hydrogen-bond donors (Lipinski definition) is 2. The van der Waals surface area contributed by atoms with Crippen molar-refractivity contribution in [3.63, 3.8) is 0 Å². The third kappa shape index (κ3) is 4.87. The van der Waals surface area contributed by atoms with E-state index in [0.717, 1.165) is 16.6 Å². The van der Waals surface area contributed by atoms with Crippen LogP contribution < -0.4 is 15.4 Å². The number of nitrogens with zero attached hydrogens (tertiary/aromatic N) is 2. The summed E-state index contributed by atoms with van der Waals surface area (Å²) in [4.78, 5) is 30.3. The molecule has 7 heteroatoms. The lowest BCUT2D eigenvalue weighted by Gasteiger charge is -2.19. The number of carbonyl (C=O) groups excluding carboxylic acids is 2. The molecule has 0 radical (unpaired) electrons. The van der Waals surface area contributed by atoms with E-state index in [1.54, 1.807) is 24.3 Å². The van der Waals surface area contributed by atoms with Gasteiger partial charge in [0, 0.05) is 7.05 Å². The molecule has 33 heavy (non-hydrogen) atoms. The van der Waals surface area contributed by atoms with E-state index < -0.39 is 6.04 Å². The van der Waals surface area contributed by atoms with Crippen LogP contribution in [0.15, 0.2) is 78.9 Å². The zero-order valence-corrected chi connectivity index (χ0v) is 18.6. The number of hydrogen-bond acceptors (Lipinski definition) is 4. The van der Waals surface area contributed by atoms with Gasteiger partial charge in [0.2, 0.25) is 5.91 Å². The SMILES string of the molecule is CCOc1ccccc1C(=O)NCC(=O)NC(c1ccccc1)c1nc2ccccc2n1C. The van der Waals surface area contributed by atoms with Gasteiger partial charge in [0.15, 0.2) is 0 Å². The van der Waals surface area contributed by atoms with E-state index in [-0.39, 0.29) is 18.4 Å². The van der Waals surface area contributed by atoms with Crippen LogP contribution in [0.5, 0.6) is 5.75 Å². The van der Waals surface area contributed by atoms with Crippen LogP contribution >= 0.6 is 0 Å². The quantitative estimate of drug-likeness (QED) is 0.437. The summed E-state index contributed by atoms with van der Waals surface area (Å²) in [5.74, 6) is 0.509. The van der Waals surface area contributed by atoms with Gasteiger partial charge in [-0.15, -0.1) is 0 Å². The molecule has 1 atom stereocenters.